The number of hydrogen-bond acceptors (Lipinski definition) is 5. The van der Waals surface area contributed by atoms with Gasteiger partial charge in [-0.3, -0.25) is 4.79 Å². The number of carbonyl (C=O) groups excluding carboxylic acids is 1. The van der Waals surface area contributed by atoms with E-state index in [4.69, 9.17) is 11.6 Å². The molecule has 0 unspecified atom stereocenters. The van der Waals surface area contributed by atoms with Crippen molar-refractivity contribution in [2.45, 2.75) is 0 Å². The van der Waals surface area contributed by atoms with Gasteiger partial charge in [-0.1, -0.05) is 23.7 Å². The Morgan fingerprint density at radius 3 is 2.76 bits per heavy atom. The minimum absolute atomic E-state index is 0.284. The Hall–Kier alpha value is -3.03. The Morgan fingerprint density at radius 1 is 1.07 bits per heavy atom. The molecule has 0 saturated heterocycles. The zero-order chi connectivity index (χ0) is 20.2. The third-order valence-electron chi connectivity index (χ3n) is 4.19. The van der Waals surface area contributed by atoms with E-state index in [2.05, 4.69) is 20.6 Å². The summed E-state index contributed by atoms with van der Waals surface area (Å²) >= 11 is 7.68. The zero-order valence-corrected chi connectivity index (χ0v) is 16.7. The summed E-state index contributed by atoms with van der Waals surface area (Å²) in [6.07, 6.45) is 0. The molecule has 0 aliphatic heterocycles. The van der Waals surface area contributed by atoms with Crippen LogP contribution in [-0.2, 0) is 0 Å². The molecule has 8 heteroatoms. The van der Waals surface area contributed by atoms with Gasteiger partial charge in [0, 0.05) is 29.1 Å². The van der Waals surface area contributed by atoms with Crippen LogP contribution in [0.25, 0.3) is 21.6 Å². The molecular formula is C21H16ClFN4OS. The Labute approximate surface area is 175 Å². The molecule has 146 valence electrons. The summed E-state index contributed by atoms with van der Waals surface area (Å²) < 4.78 is 13.3. The number of carbonyl (C=O) groups is 1. The van der Waals surface area contributed by atoms with Gasteiger partial charge in [0.15, 0.2) is 5.82 Å². The number of anilines is 1. The van der Waals surface area contributed by atoms with Gasteiger partial charge in [-0.15, -0.1) is 11.3 Å². The van der Waals surface area contributed by atoms with Crippen LogP contribution in [-0.4, -0.2) is 29.0 Å². The highest BCUT2D eigenvalue weighted by molar-refractivity contribution is 7.13. The van der Waals surface area contributed by atoms with Gasteiger partial charge in [0.1, 0.15) is 11.6 Å². The van der Waals surface area contributed by atoms with E-state index in [0.29, 0.717) is 29.8 Å². The van der Waals surface area contributed by atoms with Crippen LogP contribution in [0.5, 0.6) is 0 Å². The Bertz CT molecular complexity index is 1170. The van der Waals surface area contributed by atoms with Crippen molar-refractivity contribution in [3.8, 4) is 10.7 Å². The van der Waals surface area contributed by atoms with E-state index in [1.165, 1.54) is 18.2 Å². The lowest BCUT2D eigenvalue weighted by molar-refractivity contribution is 0.0954. The van der Waals surface area contributed by atoms with Gasteiger partial charge >= 0.3 is 0 Å². The number of amides is 1. The summed E-state index contributed by atoms with van der Waals surface area (Å²) in [4.78, 5) is 22.3. The molecule has 2 N–H and O–H groups in total. The second-order valence-corrected chi connectivity index (χ2v) is 7.61. The number of hydrogen-bond donors (Lipinski definition) is 2. The van der Waals surface area contributed by atoms with E-state index in [-0.39, 0.29) is 11.5 Å². The van der Waals surface area contributed by atoms with Crippen molar-refractivity contribution in [1.82, 2.24) is 15.3 Å². The third-order valence-corrected chi connectivity index (χ3v) is 5.29. The van der Waals surface area contributed by atoms with Crippen molar-refractivity contribution in [3.05, 3.63) is 76.4 Å². The fourth-order valence-corrected chi connectivity index (χ4v) is 3.67. The minimum atomic E-state index is -0.442. The Morgan fingerprint density at radius 2 is 1.97 bits per heavy atom. The van der Waals surface area contributed by atoms with Crippen molar-refractivity contribution < 1.29 is 9.18 Å². The summed E-state index contributed by atoms with van der Waals surface area (Å²) in [5.74, 6) is 0.504. The topological polar surface area (TPSA) is 66.9 Å². The molecular weight excluding hydrogens is 411 g/mol. The summed E-state index contributed by atoms with van der Waals surface area (Å²) in [5.41, 5.74) is 1.02. The number of aromatic nitrogens is 2. The van der Waals surface area contributed by atoms with Crippen LogP contribution in [0.3, 0.4) is 0 Å². The predicted octanol–water partition coefficient (Wildman–Crippen LogP) is 4.99. The number of nitrogens with one attached hydrogen (secondary N) is 2. The van der Waals surface area contributed by atoms with Crippen molar-refractivity contribution in [2.24, 2.45) is 0 Å². The lowest BCUT2D eigenvalue weighted by atomic mass is 10.2. The molecule has 0 aliphatic carbocycles. The van der Waals surface area contributed by atoms with Gasteiger partial charge < -0.3 is 10.6 Å². The second kappa shape index (κ2) is 8.55. The zero-order valence-electron chi connectivity index (χ0n) is 15.2. The lowest BCUT2D eigenvalue weighted by Gasteiger charge is -2.11. The molecule has 0 fully saturated rings. The summed E-state index contributed by atoms with van der Waals surface area (Å²) in [6, 6.07) is 14.9. The average Bonchev–Trinajstić information content (AvgIpc) is 3.25. The monoisotopic (exact) mass is 426 g/mol. The number of rotatable bonds is 6. The number of halogens is 2. The van der Waals surface area contributed by atoms with Crippen molar-refractivity contribution >= 4 is 45.6 Å². The quantitative estimate of drug-likeness (QED) is 0.426. The standard InChI is InChI=1S/C21H16ClFN4OS/c22-14-6-7-16-17(12-14)26-20(18-5-2-10-29-18)27-19(16)24-8-9-25-21(28)13-3-1-4-15(23)11-13/h1-7,10-12H,8-9H2,(H,25,28)(H,24,26,27). The maximum absolute atomic E-state index is 13.3. The second-order valence-electron chi connectivity index (χ2n) is 6.23. The van der Waals surface area contributed by atoms with Crippen LogP contribution in [0, 0.1) is 5.82 Å². The van der Waals surface area contributed by atoms with Gasteiger partial charge in [-0.2, -0.15) is 0 Å². The highest BCUT2D eigenvalue weighted by atomic mass is 35.5. The molecule has 0 spiro atoms. The van der Waals surface area contributed by atoms with E-state index in [0.717, 1.165) is 15.8 Å². The predicted molar refractivity (Wildman–Crippen MR) is 115 cm³/mol. The molecule has 5 nitrogen and oxygen atoms in total. The van der Waals surface area contributed by atoms with Gasteiger partial charge in [-0.25, -0.2) is 14.4 Å². The SMILES string of the molecule is O=C(NCCNc1nc(-c2cccs2)nc2cc(Cl)ccc12)c1cccc(F)c1. The first-order chi connectivity index (χ1) is 14.1. The van der Waals surface area contributed by atoms with Crippen LogP contribution >= 0.6 is 22.9 Å². The number of nitrogens with zero attached hydrogens (tertiary/aromatic N) is 2. The smallest absolute Gasteiger partial charge is 0.251 e. The molecule has 2 aromatic heterocycles. The third kappa shape index (κ3) is 4.52. The molecule has 0 radical (unpaired) electrons. The van der Waals surface area contributed by atoms with Gasteiger partial charge in [0.25, 0.3) is 5.91 Å². The maximum Gasteiger partial charge on any atom is 0.251 e. The largest absolute Gasteiger partial charge is 0.368 e. The van der Waals surface area contributed by atoms with Crippen molar-refractivity contribution in [1.29, 1.82) is 0 Å². The molecule has 0 aliphatic rings. The first-order valence-corrected chi connectivity index (χ1v) is 10.1. The molecule has 0 atom stereocenters. The minimum Gasteiger partial charge on any atom is -0.368 e. The lowest BCUT2D eigenvalue weighted by Crippen LogP contribution is -2.29. The highest BCUT2D eigenvalue weighted by Gasteiger charge is 2.11. The van der Waals surface area contributed by atoms with Crippen LogP contribution in [0.4, 0.5) is 10.2 Å². The van der Waals surface area contributed by atoms with Crippen LogP contribution in [0.2, 0.25) is 5.02 Å². The first kappa shape index (κ1) is 19.3. The fraction of sp³-hybridized carbons (Fsp3) is 0.0952. The molecule has 29 heavy (non-hydrogen) atoms. The van der Waals surface area contributed by atoms with E-state index < -0.39 is 5.82 Å². The average molecular weight is 427 g/mol. The molecule has 0 saturated carbocycles. The Balaban J connectivity index is 1.49. The van der Waals surface area contributed by atoms with Crippen LogP contribution in [0.1, 0.15) is 10.4 Å². The van der Waals surface area contributed by atoms with Crippen LogP contribution < -0.4 is 10.6 Å². The van der Waals surface area contributed by atoms with E-state index in [1.54, 1.807) is 29.5 Å². The molecule has 4 rings (SSSR count). The van der Waals surface area contributed by atoms with Gasteiger partial charge in [0.2, 0.25) is 0 Å². The first-order valence-electron chi connectivity index (χ1n) is 8.89. The van der Waals surface area contributed by atoms with Gasteiger partial charge in [0.05, 0.1) is 10.4 Å². The van der Waals surface area contributed by atoms with E-state index in [9.17, 15) is 9.18 Å². The summed E-state index contributed by atoms with van der Waals surface area (Å²) in [6.45, 7) is 0.794. The van der Waals surface area contributed by atoms with Crippen molar-refractivity contribution in [2.75, 3.05) is 18.4 Å². The van der Waals surface area contributed by atoms with Gasteiger partial charge in [-0.05, 0) is 47.8 Å². The molecule has 0 bridgehead atoms. The maximum atomic E-state index is 13.3. The fourth-order valence-electron chi connectivity index (χ4n) is 2.84. The highest BCUT2D eigenvalue weighted by Crippen LogP contribution is 2.28. The normalized spacial score (nSPS) is 10.8. The number of benzene rings is 2. The van der Waals surface area contributed by atoms with Crippen molar-refractivity contribution in [3.63, 3.8) is 0 Å². The molecule has 2 aromatic carbocycles. The molecule has 4 aromatic rings. The number of fused-ring (bicyclic) bond motifs is 1. The van der Waals surface area contributed by atoms with Crippen LogP contribution in [0.15, 0.2) is 60.0 Å². The van der Waals surface area contributed by atoms with E-state index >= 15 is 0 Å². The Kier molecular flexibility index (Phi) is 5.69. The summed E-state index contributed by atoms with van der Waals surface area (Å²) in [7, 11) is 0. The molecule has 2 heterocycles. The summed E-state index contributed by atoms with van der Waals surface area (Å²) in [5, 5.41) is 9.42. The number of thiophene rings is 1. The molecule has 1 amide bonds. The van der Waals surface area contributed by atoms with E-state index in [1.807, 2.05) is 23.6 Å².